The molecule has 0 spiro atoms. The van der Waals surface area contributed by atoms with E-state index in [9.17, 15) is 19.5 Å². The van der Waals surface area contributed by atoms with E-state index < -0.39 is 29.2 Å². The van der Waals surface area contributed by atoms with Gasteiger partial charge in [-0.2, -0.15) is 0 Å². The van der Waals surface area contributed by atoms with Crippen molar-refractivity contribution in [2.45, 2.75) is 48.4 Å². The van der Waals surface area contributed by atoms with Gasteiger partial charge in [0.1, 0.15) is 28.9 Å². The van der Waals surface area contributed by atoms with Crippen molar-refractivity contribution < 1.29 is 24.3 Å². The van der Waals surface area contributed by atoms with Crippen LogP contribution in [-0.4, -0.2) is 87.8 Å². The molecule has 0 aromatic carbocycles. The van der Waals surface area contributed by atoms with E-state index in [2.05, 4.69) is 31.0 Å². The highest BCUT2D eigenvalue weighted by molar-refractivity contribution is 8.01. The van der Waals surface area contributed by atoms with Gasteiger partial charge >= 0.3 is 5.97 Å². The fraction of sp³-hybridized carbons (Fsp3) is 0.474. The first-order chi connectivity index (χ1) is 17.8. The van der Waals surface area contributed by atoms with Crippen LogP contribution in [0.4, 0.5) is 5.13 Å². The van der Waals surface area contributed by atoms with E-state index >= 15 is 0 Å². The molecule has 5 rings (SSSR count). The van der Waals surface area contributed by atoms with Gasteiger partial charge in [0.2, 0.25) is 5.16 Å². The van der Waals surface area contributed by atoms with Crippen LogP contribution < -0.4 is 16.9 Å². The first-order valence-electron chi connectivity index (χ1n) is 11.2. The third-order valence-electron chi connectivity index (χ3n) is 5.95. The summed E-state index contributed by atoms with van der Waals surface area (Å²) < 4.78 is 0. The highest BCUT2D eigenvalue weighted by Crippen LogP contribution is 2.41. The normalized spacial score (nSPS) is 22.1. The van der Waals surface area contributed by atoms with E-state index in [-0.39, 0.29) is 34.1 Å². The van der Waals surface area contributed by atoms with Gasteiger partial charge in [0.05, 0.1) is 0 Å². The van der Waals surface area contributed by atoms with Crippen LogP contribution in [0.15, 0.2) is 27.0 Å². The van der Waals surface area contributed by atoms with Crippen LogP contribution in [0.1, 0.15) is 31.4 Å². The zero-order valence-corrected chi connectivity index (χ0v) is 21.6. The van der Waals surface area contributed by atoms with Crippen LogP contribution in [0.5, 0.6) is 0 Å². The second-order valence-corrected chi connectivity index (χ2v) is 11.3. The number of thiazole rings is 1. The third kappa shape index (κ3) is 5.08. The lowest BCUT2D eigenvalue weighted by atomic mass is 10.0. The summed E-state index contributed by atoms with van der Waals surface area (Å²) in [5, 5.41) is 28.9. The van der Waals surface area contributed by atoms with Crippen LogP contribution in [0.2, 0.25) is 0 Å². The van der Waals surface area contributed by atoms with Crippen LogP contribution in [0.25, 0.3) is 0 Å². The van der Waals surface area contributed by atoms with Crippen molar-refractivity contribution in [2.24, 2.45) is 5.16 Å². The number of oxime groups is 1. The summed E-state index contributed by atoms with van der Waals surface area (Å²) in [5.41, 5.74) is 6.29. The zero-order chi connectivity index (χ0) is 26.1. The number of nitrogens with two attached hydrogens (primary N) is 2. The Morgan fingerprint density at radius 3 is 2.78 bits per heavy atom. The van der Waals surface area contributed by atoms with Crippen molar-refractivity contribution in [3.63, 3.8) is 0 Å². The molecule has 4 heterocycles. The number of anilines is 1. The van der Waals surface area contributed by atoms with E-state index in [1.807, 2.05) is 0 Å². The number of rotatable bonds is 9. The summed E-state index contributed by atoms with van der Waals surface area (Å²) in [7, 11) is 0. The van der Waals surface area contributed by atoms with Crippen molar-refractivity contribution in [1.82, 2.24) is 35.5 Å². The Morgan fingerprint density at radius 1 is 1.35 bits per heavy atom. The molecule has 2 aromatic heterocycles. The average molecular weight is 567 g/mol. The Morgan fingerprint density at radius 2 is 2.14 bits per heavy atom. The maximum Gasteiger partial charge on any atom is 0.352 e. The van der Waals surface area contributed by atoms with Gasteiger partial charge in [-0.05, 0) is 41.7 Å². The predicted octanol–water partition coefficient (Wildman–Crippen LogP) is -0.380. The Labute approximate surface area is 222 Å². The number of nitrogen functional groups attached to an aromatic ring is 2. The Kier molecular flexibility index (Phi) is 7.20. The minimum Gasteiger partial charge on any atom is -0.477 e. The fourth-order valence-electron chi connectivity index (χ4n) is 4.16. The lowest BCUT2D eigenvalue weighted by Crippen LogP contribution is -2.71. The number of carbonyl (C=O) groups is 3. The van der Waals surface area contributed by atoms with Gasteiger partial charge in [-0.1, -0.05) is 22.0 Å². The van der Waals surface area contributed by atoms with E-state index in [4.69, 9.17) is 16.4 Å². The molecule has 0 radical (unpaired) electrons. The van der Waals surface area contributed by atoms with Gasteiger partial charge in [-0.15, -0.1) is 27.9 Å². The quantitative estimate of drug-likeness (QED) is 0.100. The van der Waals surface area contributed by atoms with Crippen LogP contribution in [-0.2, 0) is 19.2 Å². The van der Waals surface area contributed by atoms with E-state index in [0.717, 1.165) is 53.6 Å². The molecule has 2 aromatic rings. The molecule has 15 nitrogen and oxygen atoms in total. The van der Waals surface area contributed by atoms with Gasteiger partial charge in [-0.3, -0.25) is 14.5 Å². The van der Waals surface area contributed by atoms with Crippen molar-refractivity contribution in [3.8, 4) is 0 Å². The maximum absolute atomic E-state index is 13.2. The van der Waals surface area contributed by atoms with E-state index in [1.54, 1.807) is 5.38 Å². The molecule has 6 N–H and O–H groups in total. The van der Waals surface area contributed by atoms with E-state index in [0.29, 0.717) is 16.5 Å². The molecular weight excluding hydrogens is 544 g/mol. The van der Waals surface area contributed by atoms with Crippen molar-refractivity contribution in [3.05, 3.63) is 22.3 Å². The number of aliphatic carboxylic acids is 1. The first kappa shape index (κ1) is 25.3. The molecule has 0 unspecified atom stereocenters. The number of carboxylic acids is 1. The molecular formula is C19H22N10O5S3. The first-order valence-corrected chi connectivity index (χ1v) is 14.1. The Hall–Kier alpha value is -3.38. The molecule has 2 aliphatic heterocycles. The number of β-lactam (4-membered cyclic amide) rings is 1. The average Bonchev–Trinajstić information content (AvgIpc) is 3.64. The predicted molar refractivity (Wildman–Crippen MR) is 135 cm³/mol. The molecule has 37 heavy (non-hydrogen) atoms. The molecule has 3 aliphatic rings. The smallest absolute Gasteiger partial charge is 0.352 e. The van der Waals surface area contributed by atoms with Gasteiger partial charge in [-0.25, -0.2) is 9.78 Å². The number of aromatic nitrogens is 5. The largest absolute Gasteiger partial charge is 0.477 e. The highest BCUT2D eigenvalue weighted by atomic mass is 32.2. The van der Waals surface area contributed by atoms with Crippen molar-refractivity contribution in [1.29, 1.82) is 0 Å². The Bertz CT molecular complexity index is 1290. The molecule has 196 valence electrons. The minimum absolute atomic E-state index is 0.0856. The summed E-state index contributed by atoms with van der Waals surface area (Å²) in [4.78, 5) is 50.2. The molecule has 1 aliphatic carbocycles. The molecule has 2 fully saturated rings. The molecule has 1 saturated carbocycles. The monoisotopic (exact) mass is 566 g/mol. The number of thioether (sulfide) groups is 2. The maximum atomic E-state index is 13.2. The second kappa shape index (κ2) is 10.5. The summed E-state index contributed by atoms with van der Waals surface area (Å²) in [5.74, 6) is 3.73. The lowest BCUT2D eigenvalue weighted by molar-refractivity contribution is -0.150. The molecule has 0 bridgehead atoms. The summed E-state index contributed by atoms with van der Waals surface area (Å²) in [6.45, 7) is 0. The van der Waals surface area contributed by atoms with Gasteiger partial charge < -0.3 is 26.8 Å². The van der Waals surface area contributed by atoms with Gasteiger partial charge in [0.15, 0.2) is 10.8 Å². The fourth-order valence-corrected chi connectivity index (χ4v) is 6.99. The number of hydrogen-bond acceptors (Lipinski definition) is 14. The SMILES string of the molecule is Nc1nc(C(=NOC2CCCC2)C(=O)N[C@@H]2C(=O)N3C(C(=O)O)=C(CSc4nnnn4N)CS[C@@H]23)cs1. The number of amides is 2. The van der Waals surface area contributed by atoms with Gasteiger partial charge in [0, 0.05) is 16.9 Å². The van der Waals surface area contributed by atoms with E-state index in [1.165, 1.54) is 16.7 Å². The minimum atomic E-state index is -1.24. The summed E-state index contributed by atoms with van der Waals surface area (Å²) in [6.07, 6.45) is 3.66. The van der Waals surface area contributed by atoms with Crippen molar-refractivity contribution >= 4 is 63.5 Å². The van der Waals surface area contributed by atoms with Crippen LogP contribution >= 0.6 is 34.9 Å². The van der Waals surface area contributed by atoms with Crippen LogP contribution in [0, 0.1) is 0 Å². The van der Waals surface area contributed by atoms with Crippen LogP contribution in [0.3, 0.4) is 0 Å². The number of hydrogen-bond donors (Lipinski definition) is 4. The zero-order valence-electron chi connectivity index (χ0n) is 19.1. The summed E-state index contributed by atoms with van der Waals surface area (Å²) >= 11 is 3.65. The third-order valence-corrected chi connectivity index (χ3v) is 8.98. The molecule has 2 amide bonds. The second-order valence-electron chi connectivity index (χ2n) is 8.34. The van der Waals surface area contributed by atoms with Crippen molar-refractivity contribution in [2.75, 3.05) is 23.1 Å². The molecule has 2 atom stereocenters. The number of tetrazole rings is 1. The number of carboxylic acid groups (broad SMARTS) is 1. The Balaban J connectivity index is 1.30. The van der Waals surface area contributed by atoms with Gasteiger partial charge in [0.25, 0.3) is 11.8 Å². The molecule has 1 saturated heterocycles. The number of nitrogens with one attached hydrogen (secondary N) is 1. The number of carbonyl (C=O) groups excluding carboxylic acids is 2. The number of nitrogens with zero attached hydrogens (tertiary/aromatic N) is 7. The highest BCUT2D eigenvalue weighted by Gasteiger charge is 2.54. The number of fused-ring (bicyclic) bond motifs is 1. The standard InChI is InChI=1S/C19H22N10O5S3/c20-18-22-10(7-36-18)11(25-34-9-3-1-2-4-9)14(30)23-12-15(31)28-13(17(32)33)8(5-35-16(12)28)6-37-19-24-26-27-29(19)21/h7,9,12,16H,1-6,21H2,(H2,20,22)(H,23,30)(H,32,33)/t12-,16+/m1/s1. The summed E-state index contributed by atoms with van der Waals surface area (Å²) in [6, 6.07) is -0.940. The molecule has 18 heteroatoms. The lowest BCUT2D eigenvalue weighted by Gasteiger charge is -2.49. The topological polar surface area (TPSA) is 217 Å².